The van der Waals surface area contributed by atoms with Crippen LogP contribution in [0.15, 0.2) is 12.1 Å². The van der Waals surface area contributed by atoms with E-state index in [0.29, 0.717) is 10.7 Å². The zero-order valence-electron chi connectivity index (χ0n) is 10.0. The molecule has 0 amide bonds. The molecule has 0 N–H and O–H groups in total. The number of halogens is 1. The topological polar surface area (TPSA) is 39.2 Å². The summed E-state index contributed by atoms with van der Waals surface area (Å²) in [4.78, 5) is 15.9. The van der Waals surface area contributed by atoms with E-state index >= 15 is 0 Å². The second-order valence-corrected chi connectivity index (χ2v) is 4.91. The molecular weight excluding hydrogens is 226 g/mol. The Bertz CT molecular complexity index is 396. The molecule has 0 saturated heterocycles. The molecule has 0 spiro atoms. The van der Waals surface area contributed by atoms with Crippen molar-refractivity contribution in [1.29, 1.82) is 0 Å². The molecule has 0 unspecified atom stereocenters. The van der Waals surface area contributed by atoms with Gasteiger partial charge in [0.2, 0.25) is 0 Å². The molecule has 88 valence electrons. The average molecular weight is 242 g/mol. The molecule has 16 heavy (non-hydrogen) atoms. The Morgan fingerprint density at radius 2 is 2.06 bits per heavy atom. The molecule has 4 heteroatoms. The molecule has 0 radical (unpaired) electrons. The SMILES string of the molecule is CCc1cc(C(=O)OC(C)(C)C)cc(Cl)n1. The monoisotopic (exact) mass is 241 g/mol. The molecule has 0 fully saturated rings. The van der Waals surface area contributed by atoms with Crippen molar-refractivity contribution in [3.63, 3.8) is 0 Å². The van der Waals surface area contributed by atoms with Gasteiger partial charge in [0.05, 0.1) is 5.56 Å². The molecule has 0 aliphatic carbocycles. The average Bonchev–Trinajstić information content (AvgIpc) is 2.14. The van der Waals surface area contributed by atoms with Crippen molar-refractivity contribution in [2.24, 2.45) is 0 Å². The van der Waals surface area contributed by atoms with E-state index in [1.54, 1.807) is 6.07 Å². The van der Waals surface area contributed by atoms with Crippen LogP contribution in [0.2, 0.25) is 5.15 Å². The zero-order valence-corrected chi connectivity index (χ0v) is 10.8. The number of rotatable bonds is 2. The third kappa shape index (κ3) is 3.81. The van der Waals surface area contributed by atoms with Crippen molar-refractivity contribution < 1.29 is 9.53 Å². The maximum atomic E-state index is 11.8. The van der Waals surface area contributed by atoms with E-state index in [9.17, 15) is 4.79 Å². The number of carbonyl (C=O) groups excluding carboxylic acids is 1. The summed E-state index contributed by atoms with van der Waals surface area (Å²) in [5.74, 6) is -0.369. The van der Waals surface area contributed by atoms with Crippen LogP contribution in [0.1, 0.15) is 43.7 Å². The van der Waals surface area contributed by atoms with Gasteiger partial charge in [0, 0.05) is 5.69 Å². The molecule has 0 aliphatic rings. The van der Waals surface area contributed by atoms with Gasteiger partial charge in [-0.3, -0.25) is 0 Å². The number of aryl methyl sites for hydroxylation is 1. The first kappa shape index (κ1) is 13.0. The second-order valence-electron chi connectivity index (χ2n) is 4.53. The van der Waals surface area contributed by atoms with E-state index < -0.39 is 5.60 Å². The summed E-state index contributed by atoms with van der Waals surface area (Å²) >= 11 is 5.83. The normalized spacial score (nSPS) is 11.3. The lowest BCUT2D eigenvalue weighted by atomic mass is 10.1. The highest BCUT2D eigenvalue weighted by Crippen LogP contribution is 2.16. The summed E-state index contributed by atoms with van der Waals surface area (Å²) in [5.41, 5.74) is 0.735. The Labute approximate surface area is 101 Å². The fraction of sp³-hybridized carbons (Fsp3) is 0.500. The summed E-state index contributed by atoms with van der Waals surface area (Å²) in [6.07, 6.45) is 0.732. The Morgan fingerprint density at radius 1 is 1.44 bits per heavy atom. The molecule has 0 bridgehead atoms. The minimum absolute atomic E-state index is 0.320. The predicted octanol–water partition coefficient (Wildman–Crippen LogP) is 3.25. The number of ether oxygens (including phenoxy) is 1. The number of carbonyl (C=O) groups is 1. The second kappa shape index (κ2) is 4.83. The Hall–Kier alpha value is -1.09. The zero-order chi connectivity index (χ0) is 12.3. The molecule has 1 heterocycles. The first-order chi connectivity index (χ1) is 7.31. The van der Waals surface area contributed by atoms with E-state index in [-0.39, 0.29) is 5.97 Å². The van der Waals surface area contributed by atoms with E-state index in [1.165, 1.54) is 6.07 Å². The first-order valence-corrected chi connectivity index (χ1v) is 5.59. The summed E-state index contributed by atoms with van der Waals surface area (Å²) < 4.78 is 5.25. The van der Waals surface area contributed by atoms with Crippen LogP contribution in [-0.4, -0.2) is 16.6 Å². The van der Waals surface area contributed by atoms with Crippen LogP contribution >= 0.6 is 11.6 Å². The van der Waals surface area contributed by atoms with Gasteiger partial charge in [0.1, 0.15) is 10.8 Å². The molecule has 3 nitrogen and oxygen atoms in total. The largest absolute Gasteiger partial charge is 0.456 e. The van der Waals surface area contributed by atoms with E-state index in [2.05, 4.69) is 4.98 Å². The van der Waals surface area contributed by atoms with E-state index in [4.69, 9.17) is 16.3 Å². The van der Waals surface area contributed by atoms with Crippen molar-refractivity contribution in [1.82, 2.24) is 4.98 Å². The molecule has 1 aromatic heterocycles. The van der Waals surface area contributed by atoms with E-state index in [0.717, 1.165) is 12.1 Å². The van der Waals surface area contributed by atoms with Gasteiger partial charge in [-0.2, -0.15) is 0 Å². The van der Waals surface area contributed by atoms with Crippen LogP contribution in [0.3, 0.4) is 0 Å². The van der Waals surface area contributed by atoms with E-state index in [1.807, 2.05) is 27.7 Å². The number of pyridine rings is 1. The van der Waals surface area contributed by atoms with Crippen molar-refractivity contribution in [3.8, 4) is 0 Å². The molecule has 0 aromatic carbocycles. The number of aromatic nitrogens is 1. The van der Waals surface area contributed by atoms with Gasteiger partial charge in [-0.05, 0) is 39.3 Å². The van der Waals surface area contributed by atoms with Crippen LogP contribution in [0.5, 0.6) is 0 Å². The smallest absolute Gasteiger partial charge is 0.338 e. The fourth-order valence-electron chi connectivity index (χ4n) is 1.19. The Kier molecular flexibility index (Phi) is 3.92. The van der Waals surface area contributed by atoms with Crippen LogP contribution in [0.4, 0.5) is 0 Å². The molecule has 0 saturated carbocycles. The third-order valence-electron chi connectivity index (χ3n) is 1.84. The fourth-order valence-corrected chi connectivity index (χ4v) is 1.41. The summed E-state index contributed by atoms with van der Waals surface area (Å²) in [5, 5.41) is 0.320. The first-order valence-electron chi connectivity index (χ1n) is 5.21. The van der Waals surface area contributed by atoms with Crippen LogP contribution in [-0.2, 0) is 11.2 Å². The van der Waals surface area contributed by atoms with Gasteiger partial charge in [-0.25, -0.2) is 9.78 Å². The minimum Gasteiger partial charge on any atom is -0.456 e. The highest BCUT2D eigenvalue weighted by molar-refractivity contribution is 6.29. The van der Waals surface area contributed by atoms with Crippen LogP contribution < -0.4 is 0 Å². The molecule has 1 rings (SSSR count). The summed E-state index contributed by atoms with van der Waals surface area (Å²) in [6, 6.07) is 3.23. The lowest BCUT2D eigenvalue weighted by Crippen LogP contribution is -2.24. The van der Waals surface area contributed by atoms with Gasteiger partial charge < -0.3 is 4.74 Å². The molecule has 1 aromatic rings. The van der Waals surface area contributed by atoms with Gasteiger partial charge in [-0.1, -0.05) is 18.5 Å². The number of esters is 1. The lowest BCUT2D eigenvalue weighted by molar-refractivity contribution is 0.00693. The van der Waals surface area contributed by atoms with Crippen molar-refractivity contribution in [2.75, 3.05) is 0 Å². The predicted molar refractivity (Wildman–Crippen MR) is 63.8 cm³/mol. The molecule has 0 aliphatic heterocycles. The Morgan fingerprint density at radius 3 is 2.56 bits per heavy atom. The van der Waals surface area contributed by atoms with Crippen LogP contribution in [0.25, 0.3) is 0 Å². The third-order valence-corrected chi connectivity index (χ3v) is 2.04. The van der Waals surface area contributed by atoms with Gasteiger partial charge in [-0.15, -0.1) is 0 Å². The van der Waals surface area contributed by atoms with Crippen molar-refractivity contribution >= 4 is 17.6 Å². The quantitative estimate of drug-likeness (QED) is 0.589. The molecule has 0 atom stereocenters. The highest BCUT2D eigenvalue weighted by atomic mass is 35.5. The van der Waals surface area contributed by atoms with Crippen molar-refractivity contribution in [3.05, 3.63) is 28.5 Å². The summed E-state index contributed by atoms with van der Waals surface area (Å²) in [6.45, 7) is 7.44. The van der Waals surface area contributed by atoms with Crippen molar-refractivity contribution in [2.45, 2.75) is 39.7 Å². The standard InChI is InChI=1S/C12H16ClNO2/c1-5-9-6-8(7-10(13)14-9)11(15)16-12(2,3)4/h6-7H,5H2,1-4H3. The highest BCUT2D eigenvalue weighted by Gasteiger charge is 2.18. The number of hydrogen-bond acceptors (Lipinski definition) is 3. The minimum atomic E-state index is -0.501. The maximum absolute atomic E-state index is 11.8. The Balaban J connectivity index is 2.95. The number of nitrogens with zero attached hydrogens (tertiary/aromatic N) is 1. The summed E-state index contributed by atoms with van der Waals surface area (Å²) in [7, 11) is 0. The van der Waals surface area contributed by atoms with Crippen LogP contribution in [0, 0.1) is 0 Å². The number of hydrogen-bond donors (Lipinski definition) is 0. The lowest BCUT2D eigenvalue weighted by Gasteiger charge is -2.19. The van der Waals surface area contributed by atoms with Gasteiger partial charge >= 0.3 is 5.97 Å². The van der Waals surface area contributed by atoms with Gasteiger partial charge in [0.25, 0.3) is 0 Å². The molecular formula is C12H16ClNO2. The van der Waals surface area contributed by atoms with Gasteiger partial charge in [0.15, 0.2) is 0 Å². The maximum Gasteiger partial charge on any atom is 0.338 e.